The summed E-state index contributed by atoms with van der Waals surface area (Å²) in [5.74, 6) is 0.351. The van der Waals surface area contributed by atoms with Crippen molar-refractivity contribution in [2.24, 2.45) is 11.8 Å². The minimum Gasteiger partial charge on any atom is -0.465 e. The zero-order chi connectivity index (χ0) is 23.6. The Labute approximate surface area is 200 Å². The van der Waals surface area contributed by atoms with E-state index in [9.17, 15) is 14.7 Å². The van der Waals surface area contributed by atoms with E-state index >= 15 is 0 Å². The normalized spacial score (nSPS) is 27.7. The molecule has 2 aliphatic carbocycles. The van der Waals surface area contributed by atoms with Crippen LogP contribution in [0.4, 0.5) is 5.69 Å². The van der Waals surface area contributed by atoms with E-state index in [4.69, 9.17) is 4.74 Å². The van der Waals surface area contributed by atoms with E-state index in [2.05, 4.69) is 6.92 Å². The number of nitrogens with zero attached hydrogens (tertiary/aromatic N) is 1. The standard InChI is InChI=1S/C27H35NO4S/c1-18-9-11-20(12-10-18)25(29)28(21-13-15-27(2,31)16-14-21)22-17-23(19-7-5-4-6-8-19)33-24(22)26(30)32-3/h4-8,17-18,20-21,31H,9-16H2,1-3H3. The van der Waals surface area contributed by atoms with Crippen LogP contribution in [-0.4, -0.2) is 35.7 Å². The number of carbonyl (C=O) groups excluding carboxylic acids is 2. The Balaban J connectivity index is 1.75. The Morgan fingerprint density at radius 1 is 1.06 bits per heavy atom. The average Bonchev–Trinajstić information content (AvgIpc) is 3.25. The molecule has 4 rings (SSSR count). The highest BCUT2D eigenvalue weighted by Crippen LogP contribution is 2.42. The number of benzene rings is 1. The van der Waals surface area contributed by atoms with Gasteiger partial charge < -0.3 is 14.7 Å². The van der Waals surface area contributed by atoms with Gasteiger partial charge in [-0.05, 0) is 75.8 Å². The molecule has 1 aromatic heterocycles. The van der Waals surface area contributed by atoms with Crippen molar-refractivity contribution >= 4 is 28.9 Å². The third-order valence-corrected chi connectivity index (χ3v) is 8.55. The fourth-order valence-corrected chi connectivity index (χ4v) is 6.30. The van der Waals surface area contributed by atoms with Crippen molar-refractivity contribution in [3.8, 4) is 10.4 Å². The van der Waals surface area contributed by atoms with Gasteiger partial charge in [-0.1, -0.05) is 37.3 Å². The highest BCUT2D eigenvalue weighted by molar-refractivity contribution is 7.18. The molecule has 5 nitrogen and oxygen atoms in total. The summed E-state index contributed by atoms with van der Waals surface area (Å²) in [7, 11) is 1.39. The minimum atomic E-state index is -0.694. The molecule has 33 heavy (non-hydrogen) atoms. The molecular weight excluding hydrogens is 434 g/mol. The first kappa shape index (κ1) is 24.0. The molecule has 1 amide bonds. The zero-order valence-electron chi connectivity index (χ0n) is 19.9. The Morgan fingerprint density at radius 3 is 2.30 bits per heavy atom. The second-order valence-electron chi connectivity index (χ2n) is 10.1. The topological polar surface area (TPSA) is 66.8 Å². The highest BCUT2D eigenvalue weighted by atomic mass is 32.1. The summed E-state index contributed by atoms with van der Waals surface area (Å²) in [6.45, 7) is 4.12. The molecule has 0 unspecified atom stereocenters. The van der Waals surface area contributed by atoms with Crippen LogP contribution in [0, 0.1) is 11.8 Å². The smallest absolute Gasteiger partial charge is 0.350 e. The lowest BCUT2D eigenvalue weighted by atomic mass is 9.80. The molecule has 2 fully saturated rings. The Hall–Kier alpha value is -2.18. The van der Waals surface area contributed by atoms with Gasteiger partial charge in [0.1, 0.15) is 4.88 Å². The molecular formula is C27H35NO4S. The summed E-state index contributed by atoms with van der Waals surface area (Å²) in [6, 6.07) is 11.9. The van der Waals surface area contributed by atoms with Crippen molar-refractivity contribution in [1.29, 1.82) is 0 Å². The van der Waals surface area contributed by atoms with E-state index < -0.39 is 11.6 Å². The molecule has 0 spiro atoms. The minimum absolute atomic E-state index is 0.0193. The summed E-state index contributed by atoms with van der Waals surface area (Å²) in [5.41, 5.74) is 0.991. The highest BCUT2D eigenvalue weighted by Gasteiger charge is 2.39. The van der Waals surface area contributed by atoms with Crippen LogP contribution in [0.3, 0.4) is 0 Å². The van der Waals surface area contributed by atoms with Crippen LogP contribution in [-0.2, 0) is 9.53 Å². The maximum Gasteiger partial charge on any atom is 0.350 e. The number of amides is 1. The van der Waals surface area contributed by atoms with E-state index in [1.165, 1.54) is 18.4 Å². The summed E-state index contributed by atoms with van der Waals surface area (Å²) in [5, 5.41) is 10.5. The predicted molar refractivity (Wildman–Crippen MR) is 133 cm³/mol. The number of thiophene rings is 1. The fraction of sp³-hybridized carbons (Fsp3) is 0.556. The zero-order valence-corrected chi connectivity index (χ0v) is 20.7. The lowest BCUT2D eigenvalue weighted by molar-refractivity contribution is -0.124. The molecule has 6 heteroatoms. The van der Waals surface area contributed by atoms with Crippen LogP contribution in [0.2, 0.25) is 0 Å². The molecule has 2 aromatic rings. The number of hydrogen-bond acceptors (Lipinski definition) is 5. The molecule has 1 aromatic carbocycles. The van der Waals surface area contributed by atoms with Gasteiger partial charge in [0.15, 0.2) is 0 Å². The summed E-state index contributed by atoms with van der Waals surface area (Å²) in [4.78, 5) is 30.1. The third kappa shape index (κ3) is 5.33. The second-order valence-corrected chi connectivity index (χ2v) is 11.1. The van der Waals surface area contributed by atoms with Gasteiger partial charge in [-0.2, -0.15) is 0 Å². The fourth-order valence-electron chi connectivity index (χ4n) is 5.23. The van der Waals surface area contributed by atoms with Crippen molar-refractivity contribution in [1.82, 2.24) is 0 Å². The van der Waals surface area contributed by atoms with E-state index in [0.717, 1.165) is 49.0 Å². The molecule has 0 bridgehead atoms. The summed E-state index contributed by atoms with van der Waals surface area (Å²) < 4.78 is 5.13. The van der Waals surface area contributed by atoms with E-state index in [1.807, 2.05) is 48.2 Å². The molecule has 0 atom stereocenters. The maximum absolute atomic E-state index is 14.0. The Kier molecular flexibility index (Phi) is 7.25. The molecule has 2 aliphatic rings. The predicted octanol–water partition coefficient (Wildman–Crippen LogP) is 6.05. The number of aliphatic hydroxyl groups is 1. The number of anilines is 1. The average molecular weight is 470 g/mol. The van der Waals surface area contributed by atoms with Crippen LogP contribution < -0.4 is 4.90 Å². The van der Waals surface area contributed by atoms with Crippen LogP contribution >= 0.6 is 11.3 Å². The van der Waals surface area contributed by atoms with Gasteiger partial charge in [-0.25, -0.2) is 4.79 Å². The van der Waals surface area contributed by atoms with Crippen LogP contribution in [0.25, 0.3) is 10.4 Å². The molecule has 1 N–H and O–H groups in total. The number of methoxy groups -OCH3 is 1. The van der Waals surface area contributed by atoms with Gasteiger partial charge in [0.05, 0.1) is 18.4 Å². The largest absolute Gasteiger partial charge is 0.465 e. The van der Waals surface area contributed by atoms with Crippen molar-refractivity contribution in [3.63, 3.8) is 0 Å². The van der Waals surface area contributed by atoms with E-state index in [-0.39, 0.29) is 17.9 Å². The molecule has 178 valence electrons. The molecule has 0 radical (unpaired) electrons. The second kappa shape index (κ2) is 9.98. The van der Waals surface area contributed by atoms with Crippen LogP contribution in [0.5, 0.6) is 0 Å². The first-order valence-electron chi connectivity index (χ1n) is 12.1. The lowest BCUT2D eigenvalue weighted by Gasteiger charge is -2.41. The first-order chi connectivity index (χ1) is 15.8. The monoisotopic (exact) mass is 469 g/mol. The quantitative estimate of drug-likeness (QED) is 0.541. The molecule has 0 saturated heterocycles. The van der Waals surface area contributed by atoms with Crippen LogP contribution in [0.15, 0.2) is 36.4 Å². The Morgan fingerprint density at radius 2 is 1.70 bits per heavy atom. The van der Waals surface area contributed by atoms with E-state index in [0.29, 0.717) is 29.3 Å². The molecule has 1 heterocycles. The van der Waals surface area contributed by atoms with E-state index in [1.54, 1.807) is 0 Å². The third-order valence-electron chi connectivity index (χ3n) is 7.40. The van der Waals surface area contributed by atoms with Gasteiger partial charge in [0.2, 0.25) is 5.91 Å². The van der Waals surface area contributed by atoms with Gasteiger partial charge in [0, 0.05) is 16.8 Å². The van der Waals surface area contributed by atoms with Crippen molar-refractivity contribution in [3.05, 3.63) is 41.3 Å². The number of carbonyl (C=O) groups is 2. The van der Waals surface area contributed by atoms with Gasteiger partial charge in [0.25, 0.3) is 0 Å². The van der Waals surface area contributed by atoms with Gasteiger partial charge >= 0.3 is 5.97 Å². The van der Waals surface area contributed by atoms with Crippen LogP contribution in [0.1, 0.15) is 74.9 Å². The number of esters is 1. The first-order valence-corrected chi connectivity index (χ1v) is 12.9. The number of hydrogen-bond donors (Lipinski definition) is 1. The van der Waals surface area contributed by atoms with Crippen molar-refractivity contribution in [2.75, 3.05) is 12.0 Å². The molecule has 2 saturated carbocycles. The number of ether oxygens (including phenoxy) is 1. The summed E-state index contributed by atoms with van der Waals surface area (Å²) in [6.07, 6.45) is 6.64. The number of rotatable bonds is 5. The SMILES string of the molecule is COC(=O)c1sc(-c2ccccc2)cc1N(C(=O)C1CCC(C)CC1)C1CCC(C)(O)CC1. The Bertz CT molecular complexity index is 965. The molecule has 0 aliphatic heterocycles. The van der Waals surface area contributed by atoms with Crippen molar-refractivity contribution < 1.29 is 19.4 Å². The van der Waals surface area contributed by atoms with Gasteiger partial charge in [-0.15, -0.1) is 11.3 Å². The van der Waals surface area contributed by atoms with Crippen molar-refractivity contribution in [2.45, 2.75) is 76.9 Å². The summed E-state index contributed by atoms with van der Waals surface area (Å²) >= 11 is 1.38. The van der Waals surface area contributed by atoms with Gasteiger partial charge in [-0.3, -0.25) is 4.79 Å². The lowest BCUT2D eigenvalue weighted by Crippen LogP contribution is -2.48. The maximum atomic E-state index is 14.0.